The van der Waals surface area contributed by atoms with Crippen molar-refractivity contribution in [3.05, 3.63) is 28.5 Å². The van der Waals surface area contributed by atoms with Crippen molar-refractivity contribution in [3.63, 3.8) is 0 Å². The standard InChI is InChI=1S/C8H9BrN2/c9-8-2-1-6(5-11-8)7-3-10-4-7/h1-2,5,7,10H,3-4H2. The smallest absolute Gasteiger partial charge is 0.106 e. The van der Waals surface area contributed by atoms with Gasteiger partial charge in [0.2, 0.25) is 0 Å². The summed E-state index contributed by atoms with van der Waals surface area (Å²) in [5.74, 6) is 0.690. The minimum absolute atomic E-state index is 0.690. The number of nitrogens with one attached hydrogen (secondary N) is 1. The molecule has 0 bridgehead atoms. The van der Waals surface area contributed by atoms with Crippen molar-refractivity contribution in [2.45, 2.75) is 5.92 Å². The number of hydrogen-bond donors (Lipinski definition) is 1. The fourth-order valence-corrected chi connectivity index (χ4v) is 1.39. The molecule has 1 fully saturated rings. The second-order valence-electron chi connectivity index (χ2n) is 2.77. The van der Waals surface area contributed by atoms with Gasteiger partial charge in [-0.1, -0.05) is 6.07 Å². The zero-order valence-electron chi connectivity index (χ0n) is 6.05. The van der Waals surface area contributed by atoms with Gasteiger partial charge in [0, 0.05) is 25.2 Å². The van der Waals surface area contributed by atoms with Crippen LogP contribution in [0.2, 0.25) is 0 Å². The summed E-state index contributed by atoms with van der Waals surface area (Å²) >= 11 is 3.31. The maximum absolute atomic E-state index is 4.17. The topological polar surface area (TPSA) is 24.9 Å². The Kier molecular flexibility index (Phi) is 1.92. The van der Waals surface area contributed by atoms with Crippen molar-refractivity contribution in [3.8, 4) is 0 Å². The molecule has 0 atom stereocenters. The zero-order valence-corrected chi connectivity index (χ0v) is 7.63. The molecule has 0 amide bonds. The molecule has 3 heteroatoms. The van der Waals surface area contributed by atoms with Gasteiger partial charge >= 0.3 is 0 Å². The number of halogens is 1. The summed E-state index contributed by atoms with van der Waals surface area (Å²) < 4.78 is 0.911. The highest BCUT2D eigenvalue weighted by Gasteiger charge is 2.18. The fraction of sp³-hybridized carbons (Fsp3) is 0.375. The van der Waals surface area contributed by atoms with E-state index in [1.165, 1.54) is 5.56 Å². The van der Waals surface area contributed by atoms with Gasteiger partial charge in [-0.3, -0.25) is 0 Å². The molecule has 0 aliphatic carbocycles. The summed E-state index contributed by atoms with van der Waals surface area (Å²) in [5.41, 5.74) is 1.34. The molecular formula is C8H9BrN2. The summed E-state index contributed by atoms with van der Waals surface area (Å²) in [6.45, 7) is 2.20. The lowest BCUT2D eigenvalue weighted by Gasteiger charge is -2.26. The van der Waals surface area contributed by atoms with E-state index in [2.05, 4.69) is 32.3 Å². The molecule has 11 heavy (non-hydrogen) atoms. The van der Waals surface area contributed by atoms with Gasteiger partial charge in [0.1, 0.15) is 4.60 Å². The maximum atomic E-state index is 4.17. The SMILES string of the molecule is Brc1ccc(C2CNC2)cn1. The first-order valence-corrected chi connectivity index (χ1v) is 4.48. The van der Waals surface area contributed by atoms with Gasteiger partial charge in [-0.2, -0.15) is 0 Å². The summed E-state index contributed by atoms with van der Waals surface area (Å²) in [6, 6.07) is 4.12. The molecule has 1 saturated heterocycles. The van der Waals surface area contributed by atoms with E-state index in [1.807, 2.05) is 12.3 Å². The van der Waals surface area contributed by atoms with Gasteiger partial charge in [-0.15, -0.1) is 0 Å². The third-order valence-corrected chi connectivity index (χ3v) is 2.47. The van der Waals surface area contributed by atoms with Crippen LogP contribution >= 0.6 is 15.9 Å². The average molecular weight is 213 g/mol. The minimum atomic E-state index is 0.690. The Balaban J connectivity index is 2.18. The van der Waals surface area contributed by atoms with Gasteiger partial charge in [0.05, 0.1) is 0 Å². The molecule has 0 aromatic carbocycles. The van der Waals surface area contributed by atoms with Crippen LogP contribution in [0.3, 0.4) is 0 Å². The van der Waals surface area contributed by atoms with Gasteiger partial charge in [-0.05, 0) is 27.6 Å². The van der Waals surface area contributed by atoms with Crippen molar-refractivity contribution in [2.75, 3.05) is 13.1 Å². The van der Waals surface area contributed by atoms with Crippen LogP contribution in [-0.4, -0.2) is 18.1 Å². The number of aromatic nitrogens is 1. The van der Waals surface area contributed by atoms with Gasteiger partial charge in [0.15, 0.2) is 0 Å². The molecule has 0 radical (unpaired) electrons. The van der Waals surface area contributed by atoms with Crippen molar-refractivity contribution in [1.82, 2.24) is 10.3 Å². The Bertz CT molecular complexity index is 241. The van der Waals surface area contributed by atoms with Gasteiger partial charge < -0.3 is 5.32 Å². The summed E-state index contributed by atoms with van der Waals surface area (Å²) in [4.78, 5) is 4.17. The van der Waals surface area contributed by atoms with Crippen LogP contribution in [0.1, 0.15) is 11.5 Å². The van der Waals surface area contributed by atoms with Crippen LogP contribution in [0, 0.1) is 0 Å². The highest BCUT2D eigenvalue weighted by atomic mass is 79.9. The van der Waals surface area contributed by atoms with Gasteiger partial charge in [0.25, 0.3) is 0 Å². The zero-order chi connectivity index (χ0) is 7.68. The molecule has 1 aliphatic heterocycles. The van der Waals surface area contributed by atoms with Crippen molar-refractivity contribution in [1.29, 1.82) is 0 Å². The van der Waals surface area contributed by atoms with Crippen LogP contribution in [0.25, 0.3) is 0 Å². The normalized spacial score (nSPS) is 17.9. The molecule has 0 unspecified atom stereocenters. The molecule has 2 heterocycles. The van der Waals surface area contributed by atoms with E-state index < -0.39 is 0 Å². The highest BCUT2D eigenvalue weighted by molar-refractivity contribution is 9.10. The summed E-state index contributed by atoms with van der Waals surface area (Å²) in [5, 5.41) is 3.23. The number of hydrogen-bond acceptors (Lipinski definition) is 2. The first-order valence-electron chi connectivity index (χ1n) is 3.68. The van der Waals surface area contributed by atoms with Crippen LogP contribution in [0.4, 0.5) is 0 Å². The summed E-state index contributed by atoms with van der Waals surface area (Å²) in [6.07, 6.45) is 1.94. The number of pyridine rings is 1. The van der Waals surface area contributed by atoms with Crippen LogP contribution < -0.4 is 5.32 Å². The lowest BCUT2D eigenvalue weighted by atomic mass is 9.96. The van der Waals surface area contributed by atoms with E-state index in [4.69, 9.17) is 0 Å². The summed E-state index contributed by atoms with van der Waals surface area (Å²) in [7, 11) is 0. The Morgan fingerprint density at radius 3 is 2.73 bits per heavy atom. The molecular weight excluding hydrogens is 204 g/mol. The largest absolute Gasteiger partial charge is 0.315 e. The average Bonchev–Trinajstić information content (AvgIpc) is 1.90. The van der Waals surface area contributed by atoms with Crippen molar-refractivity contribution < 1.29 is 0 Å². The predicted octanol–water partition coefficient (Wildman–Crippen LogP) is 1.53. The van der Waals surface area contributed by atoms with Crippen LogP contribution in [0.15, 0.2) is 22.9 Å². The van der Waals surface area contributed by atoms with Crippen molar-refractivity contribution in [2.24, 2.45) is 0 Å². The van der Waals surface area contributed by atoms with Crippen LogP contribution in [-0.2, 0) is 0 Å². The lowest BCUT2D eigenvalue weighted by Crippen LogP contribution is -2.39. The second-order valence-corrected chi connectivity index (χ2v) is 3.58. The van der Waals surface area contributed by atoms with Crippen LogP contribution in [0.5, 0.6) is 0 Å². The van der Waals surface area contributed by atoms with E-state index in [0.717, 1.165) is 17.7 Å². The molecule has 1 aromatic heterocycles. The Hall–Kier alpha value is -0.410. The molecule has 1 N–H and O–H groups in total. The van der Waals surface area contributed by atoms with Gasteiger partial charge in [-0.25, -0.2) is 4.98 Å². The molecule has 1 aliphatic rings. The Morgan fingerprint density at radius 2 is 2.27 bits per heavy atom. The number of nitrogens with zero attached hydrogens (tertiary/aromatic N) is 1. The third kappa shape index (κ3) is 1.44. The Labute approximate surface area is 74.2 Å². The monoisotopic (exact) mass is 212 g/mol. The van der Waals surface area contributed by atoms with E-state index >= 15 is 0 Å². The first kappa shape index (κ1) is 7.25. The van der Waals surface area contributed by atoms with E-state index in [9.17, 15) is 0 Å². The van der Waals surface area contributed by atoms with E-state index in [0.29, 0.717) is 5.92 Å². The maximum Gasteiger partial charge on any atom is 0.106 e. The lowest BCUT2D eigenvalue weighted by molar-refractivity contribution is 0.447. The Morgan fingerprint density at radius 1 is 1.45 bits per heavy atom. The molecule has 0 saturated carbocycles. The quantitative estimate of drug-likeness (QED) is 0.715. The second kappa shape index (κ2) is 2.91. The molecule has 2 nitrogen and oxygen atoms in total. The predicted molar refractivity (Wildman–Crippen MR) is 47.5 cm³/mol. The molecule has 0 spiro atoms. The van der Waals surface area contributed by atoms with Crippen molar-refractivity contribution >= 4 is 15.9 Å². The first-order chi connectivity index (χ1) is 5.36. The minimum Gasteiger partial charge on any atom is -0.315 e. The molecule has 58 valence electrons. The fourth-order valence-electron chi connectivity index (χ4n) is 1.15. The van der Waals surface area contributed by atoms with E-state index in [1.54, 1.807) is 0 Å². The van der Waals surface area contributed by atoms with E-state index in [-0.39, 0.29) is 0 Å². The number of rotatable bonds is 1. The highest BCUT2D eigenvalue weighted by Crippen LogP contribution is 2.19. The molecule has 2 rings (SSSR count). The third-order valence-electron chi connectivity index (χ3n) is 2.00. The molecule has 1 aromatic rings.